The summed E-state index contributed by atoms with van der Waals surface area (Å²) < 4.78 is 23.9. The van der Waals surface area contributed by atoms with Gasteiger partial charge >= 0.3 is 5.97 Å². The Morgan fingerprint density at radius 3 is 2.56 bits per heavy atom. The average Bonchev–Trinajstić information content (AvgIpc) is 2.67. The second-order valence-corrected chi connectivity index (χ2v) is 5.55. The molecule has 5 nitrogen and oxygen atoms in total. The molecule has 0 radical (unpaired) electrons. The highest BCUT2D eigenvalue weighted by atomic mass is 19.1. The Kier molecular flexibility index (Phi) is 7.31. The predicted octanol–water partition coefficient (Wildman–Crippen LogP) is 3.97. The minimum Gasteiger partial charge on any atom is -0.490 e. The van der Waals surface area contributed by atoms with Crippen LogP contribution in [0, 0.1) is 5.82 Å². The van der Waals surface area contributed by atoms with E-state index in [-0.39, 0.29) is 5.69 Å². The lowest BCUT2D eigenvalue weighted by Crippen LogP contribution is -2.29. The zero-order chi connectivity index (χ0) is 19.6. The van der Waals surface area contributed by atoms with E-state index < -0.39 is 23.8 Å². The van der Waals surface area contributed by atoms with Crippen LogP contribution in [0.3, 0.4) is 0 Å². The molecule has 0 spiro atoms. The number of hydrogen-bond donors (Lipinski definition) is 1. The van der Waals surface area contributed by atoms with E-state index in [0.717, 1.165) is 5.56 Å². The predicted molar refractivity (Wildman–Crippen MR) is 102 cm³/mol. The van der Waals surface area contributed by atoms with Crippen molar-refractivity contribution < 1.29 is 23.5 Å². The molecule has 1 atom stereocenters. The van der Waals surface area contributed by atoms with Crippen LogP contribution in [0.25, 0.3) is 6.08 Å². The number of rotatable bonds is 8. The summed E-state index contributed by atoms with van der Waals surface area (Å²) >= 11 is 0. The normalized spacial score (nSPS) is 11.6. The summed E-state index contributed by atoms with van der Waals surface area (Å²) in [7, 11) is 0. The molecule has 140 valence electrons. The van der Waals surface area contributed by atoms with Crippen LogP contribution in [-0.2, 0) is 14.3 Å². The standard InChI is InChI=1S/C21H20FNO4/c1-3-14-26-17-11-8-16(9-12-17)10-13-20(24)27-15(2)21(25)23-19-7-5-4-6-18(19)22/h3-13,15H,1,14H2,2H3,(H,23,25)/b13-10+/t15-/m0/s1. The second kappa shape index (κ2) is 9.91. The molecular formula is C21H20FNO4. The number of anilines is 1. The van der Waals surface area contributed by atoms with Gasteiger partial charge in [-0.25, -0.2) is 9.18 Å². The highest BCUT2D eigenvalue weighted by molar-refractivity contribution is 5.96. The molecule has 0 bridgehead atoms. The summed E-state index contributed by atoms with van der Waals surface area (Å²) in [4.78, 5) is 23.9. The van der Waals surface area contributed by atoms with E-state index in [0.29, 0.717) is 12.4 Å². The van der Waals surface area contributed by atoms with E-state index in [1.54, 1.807) is 42.5 Å². The SMILES string of the molecule is C=CCOc1ccc(/C=C/C(=O)O[C@@H](C)C(=O)Nc2ccccc2F)cc1. The molecule has 2 aromatic rings. The summed E-state index contributed by atoms with van der Waals surface area (Å²) in [5.74, 6) is -1.18. The van der Waals surface area contributed by atoms with Crippen LogP contribution >= 0.6 is 0 Å². The van der Waals surface area contributed by atoms with E-state index in [1.807, 2.05) is 0 Å². The van der Waals surface area contributed by atoms with Gasteiger partial charge in [-0.3, -0.25) is 4.79 Å². The summed E-state index contributed by atoms with van der Waals surface area (Å²) in [6, 6.07) is 12.8. The monoisotopic (exact) mass is 369 g/mol. The Bertz CT molecular complexity index is 830. The lowest BCUT2D eigenvalue weighted by atomic mass is 10.2. The van der Waals surface area contributed by atoms with Crippen molar-refractivity contribution in [2.45, 2.75) is 13.0 Å². The van der Waals surface area contributed by atoms with Gasteiger partial charge in [-0.1, -0.05) is 36.9 Å². The Hall–Kier alpha value is -3.41. The van der Waals surface area contributed by atoms with Crippen LogP contribution < -0.4 is 10.1 Å². The molecule has 27 heavy (non-hydrogen) atoms. The first-order chi connectivity index (χ1) is 13.0. The highest BCUT2D eigenvalue weighted by Gasteiger charge is 2.17. The topological polar surface area (TPSA) is 64.6 Å². The maximum atomic E-state index is 13.5. The number of amides is 1. The molecule has 2 rings (SSSR count). The summed E-state index contributed by atoms with van der Waals surface area (Å²) in [6.45, 7) is 5.39. The fourth-order valence-corrected chi connectivity index (χ4v) is 2.06. The summed E-state index contributed by atoms with van der Waals surface area (Å²) in [6.07, 6.45) is 3.34. The maximum absolute atomic E-state index is 13.5. The van der Waals surface area contributed by atoms with Gasteiger partial charge in [0.15, 0.2) is 6.10 Å². The molecule has 1 amide bonds. The lowest BCUT2D eigenvalue weighted by Gasteiger charge is -2.12. The minimum atomic E-state index is -1.07. The van der Waals surface area contributed by atoms with Gasteiger partial charge < -0.3 is 14.8 Å². The van der Waals surface area contributed by atoms with Crippen molar-refractivity contribution in [2.24, 2.45) is 0 Å². The molecule has 0 unspecified atom stereocenters. The van der Waals surface area contributed by atoms with Gasteiger partial charge in [-0.05, 0) is 42.8 Å². The van der Waals surface area contributed by atoms with Crippen molar-refractivity contribution in [1.82, 2.24) is 0 Å². The van der Waals surface area contributed by atoms with Crippen molar-refractivity contribution in [3.63, 3.8) is 0 Å². The first-order valence-electron chi connectivity index (χ1n) is 8.27. The fourth-order valence-electron chi connectivity index (χ4n) is 2.06. The van der Waals surface area contributed by atoms with Crippen LogP contribution in [0.15, 0.2) is 67.3 Å². The van der Waals surface area contributed by atoms with Gasteiger partial charge in [0.25, 0.3) is 5.91 Å². The third kappa shape index (κ3) is 6.43. The van der Waals surface area contributed by atoms with E-state index in [1.165, 1.54) is 31.2 Å². The van der Waals surface area contributed by atoms with Gasteiger partial charge in [-0.2, -0.15) is 0 Å². The van der Waals surface area contributed by atoms with E-state index in [9.17, 15) is 14.0 Å². The Morgan fingerprint density at radius 1 is 1.19 bits per heavy atom. The zero-order valence-corrected chi connectivity index (χ0v) is 14.9. The Labute approximate surface area is 157 Å². The summed E-state index contributed by atoms with van der Waals surface area (Å²) in [5.41, 5.74) is 0.793. The van der Waals surface area contributed by atoms with E-state index >= 15 is 0 Å². The first kappa shape index (κ1) is 19.9. The minimum absolute atomic E-state index is 0.0275. The third-order valence-corrected chi connectivity index (χ3v) is 3.45. The quantitative estimate of drug-likeness (QED) is 0.434. The Balaban J connectivity index is 1.86. The van der Waals surface area contributed by atoms with E-state index in [2.05, 4.69) is 11.9 Å². The van der Waals surface area contributed by atoms with Crippen LogP contribution in [0.1, 0.15) is 12.5 Å². The molecule has 0 aliphatic carbocycles. The van der Waals surface area contributed by atoms with Crippen LogP contribution in [0.4, 0.5) is 10.1 Å². The lowest BCUT2D eigenvalue weighted by molar-refractivity contribution is -0.148. The van der Waals surface area contributed by atoms with Crippen molar-refractivity contribution >= 4 is 23.6 Å². The maximum Gasteiger partial charge on any atom is 0.331 e. The molecule has 6 heteroatoms. The second-order valence-electron chi connectivity index (χ2n) is 5.55. The Morgan fingerprint density at radius 2 is 1.89 bits per heavy atom. The number of carbonyl (C=O) groups is 2. The molecule has 0 saturated heterocycles. The molecule has 0 heterocycles. The van der Waals surface area contributed by atoms with Gasteiger partial charge in [0.2, 0.25) is 0 Å². The molecule has 0 saturated carbocycles. The average molecular weight is 369 g/mol. The number of carbonyl (C=O) groups excluding carboxylic acids is 2. The smallest absolute Gasteiger partial charge is 0.331 e. The molecule has 0 fully saturated rings. The highest BCUT2D eigenvalue weighted by Crippen LogP contribution is 2.14. The van der Waals surface area contributed by atoms with Gasteiger partial charge in [0, 0.05) is 6.08 Å². The number of hydrogen-bond acceptors (Lipinski definition) is 4. The summed E-state index contributed by atoms with van der Waals surface area (Å²) in [5, 5.41) is 2.38. The van der Waals surface area contributed by atoms with Crippen LogP contribution in [0.5, 0.6) is 5.75 Å². The molecule has 1 N–H and O–H groups in total. The van der Waals surface area contributed by atoms with Gasteiger partial charge in [-0.15, -0.1) is 0 Å². The number of ether oxygens (including phenoxy) is 2. The van der Waals surface area contributed by atoms with Crippen LogP contribution in [0.2, 0.25) is 0 Å². The number of halogens is 1. The van der Waals surface area contributed by atoms with Crippen molar-refractivity contribution in [3.05, 3.63) is 78.6 Å². The number of esters is 1. The van der Waals surface area contributed by atoms with Crippen LogP contribution in [-0.4, -0.2) is 24.6 Å². The molecular weight excluding hydrogens is 349 g/mol. The first-order valence-corrected chi connectivity index (χ1v) is 8.27. The van der Waals surface area contributed by atoms with Gasteiger partial charge in [0.05, 0.1) is 5.69 Å². The third-order valence-electron chi connectivity index (χ3n) is 3.45. The fraction of sp³-hybridized carbons (Fsp3) is 0.143. The van der Waals surface area contributed by atoms with Gasteiger partial charge in [0.1, 0.15) is 18.2 Å². The largest absolute Gasteiger partial charge is 0.490 e. The number of benzene rings is 2. The van der Waals surface area contributed by atoms with Crippen molar-refractivity contribution in [3.8, 4) is 5.75 Å². The van der Waals surface area contributed by atoms with Crippen molar-refractivity contribution in [1.29, 1.82) is 0 Å². The number of nitrogens with one attached hydrogen (secondary N) is 1. The molecule has 0 aromatic heterocycles. The molecule has 2 aromatic carbocycles. The van der Waals surface area contributed by atoms with E-state index in [4.69, 9.17) is 9.47 Å². The molecule has 0 aliphatic rings. The molecule has 0 aliphatic heterocycles. The zero-order valence-electron chi connectivity index (χ0n) is 14.9. The van der Waals surface area contributed by atoms with Crippen molar-refractivity contribution in [2.75, 3.05) is 11.9 Å². The number of para-hydroxylation sites is 1.